The van der Waals surface area contributed by atoms with Crippen LogP contribution in [0.15, 0.2) is 85.2 Å². The number of carbonyl (C=O) groups is 2. The second-order valence-corrected chi connectivity index (χ2v) is 11.9. The topological polar surface area (TPSA) is 115 Å². The Bertz CT molecular complexity index is 1560. The highest BCUT2D eigenvalue weighted by Gasteiger charge is 2.32. The summed E-state index contributed by atoms with van der Waals surface area (Å²) in [6.45, 7) is 5.58. The normalized spacial score (nSPS) is 20.3. The maximum Gasteiger partial charge on any atom is 0.257 e. The molecule has 2 bridgehead atoms. The largest absolute Gasteiger partial charge is 0.475 e. The third-order valence-electron chi connectivity index (χ3n) is 8.52. The third kappa shape index (κ3) is 8.55. The van der Waals surface area contributed by atoms with Crippen LogP contribution in [0.2, 0.25) is 0 Å². The van der Waals surface area contributed by atoms with Crippen LogP contribution in [0.3, 0.4) is 0 Å². The lowest BCUT2D eigenvalue weighted by Gasteiger charge is -2.36. The summed E-state index contributed by atoms with van der Waals surface area (Å²) in [5, 5.41) is 11.6. The maximum atomic E-state index is 14.0. The first-order valence-electron chi connectivity index (χ1n) is 16.0. The summed E-state index contributed by atoms with van der Waals surface area (Å²) in [5.74, 6) is 0.119. The molecule has 1 fully saturated rings. The summed E-state index contributed by atoms with van der Waals surface area (Å²) < 4.78 is 13.6. The van der Waals surface area contributed by atoms with Gasteiger partial charge in [0.2, 0.25) is 11.8 Å². The van der Waals surface area contributed by atoms with Crippen molar-refractivity contribution in [3.63, 3.8) is 0 Å². The first-order chi connectivity index (χ1) is 22.6. The molecule has 11 heteroatoms. The van der Waals surface area contributed by atoms with Crippen LogP contribution in [0.25, 0.3) is 0 Å². The van der Waals surface area contributed by atoms with Gasteiger partial charge in [0.15, 0.2) is 0 Å². The summed E-state index contributed by atoms with van der Waals surface area (Å²) in [6.07, 6.45) is 5.43. The Balaban J connectivity index is 1.20. The monoisotopic (exact) mass is 623 g/mol. The van der Waals surface area contributed by atoms with Crippen LogP contribution >= 0.6 is 0 Å². The van der Waals surface area contributed by atoms with Gasteiger partial charge in [-0.3, -0.25) is 14.5 Å². The van der Waals surface area contributed by atoms with Crippen molar-refractivity contribution in [2.45, 2.75) is 38.4 Å². The van der Waals surface area contributed by atoms with Crippen LogP contribution in [0.1, 0.15) is 40.0 Å². The fourth-order valence-corrected chi connectivity index (χ4v) is 6.09. The van der Waals surface area contributed by atoms with E-state index in [0.717, 1.165) is 38.0 Å². The Morgan fingerprint density at radius 3 is 2.33 bits per heavy atom. The summed E-state index contributed by atoms with van der Waals surface area (Å²) in [7, 11) is 0. The van der Waals surface area contributed by atoms with E-state index in [1.165, 1.54) is 5.56 Å². The average molecular weight is 624 g/mol. The minimum atomic E-state index is -0.823. The van der Waals surface area contributed by atoms with Crippen molar-refractivity contribution in [1.29, 1.82) is 0 Å². The van der Waals surface area contributed by atoms with Crippen molar-refractivity contribution in [3.05, 3.63) is 108 Å². The molecule has 0 spiro atoms. The molecule has 2 aromatic heterocycles. The fraction of sp³-hybridized carbons (Fsp3) is 0.400. The minimum Gasteiger partial charge on any atom is -0.475 e. The number of aromatic nitrogens is 4. The first-order valence-corrected chi connectivity index (χ1v) is 16.0. The zero-order chi connectivity index (χ0) is 31.6. The average Bonchev–Trinajstić information content (AvgIpc) is 3.53. The molecular weight excluding hydrogens is 582 g/mol. The molecule has 0 saturated carbocycles. The number of carbonyl (C=O) groups excluding carboxylic acids is 2. The zero-order valence-electron chi connectivity index (χ0n) is 26.0. The lowest BCUT2D eigenvalue weighted by molar-refractivity contribution is -0.134. The summed E-state index contributed by atoms with van der Waals surface area (Å²) in [4.78, 5) is 36.3. The lowest BCUT2D eigenvalue weighted by Crippen LogP contribution is -2.52. The molecule has 2 aromatic carbocycles. The summed E-state index contributed by atoms with van der Waals surface area (Å²) >= 11 is 0. The van der Waals surface area contributed by atoms with Crippen molar-refractivity contribution >= 4 is 11.8 Å². The Hall–Kier alpha value is -4.61. The molecular formula is C35H41N7O4. The molecule has 0 unspecified atom stereocenters. The first kappa shape index (κ1) is 31.4. The predicted molar refractivity (Wildman–Crippen MR) is 172 cm³/mol. The van der Waals surface area contributed by atoms with Crippen LogP contribution in [0.5, 0.6) is 5.88 Å². The summed E-state index contributed by atoms with van der Waals surface area (Å²) in [5.41, 5.74) is 3.26. The molecule has 1 atom stereocenters. The van der Waals surface area contributed by atoms with E-state index in [1.807, 2.05) is 47.5 Å². The van der Waals surface area contributed by atoms with E-state index in [9.17, 15) is 9.59 Å². The number of pyridine rings is 1. The van der Waals surface area contributed by atoms with Gasteiger partial charge in [-0.05, 0) is 42.0 Å². The van der Waals surface area contributed by atoms with Gasteiger partial charge in [-0.2, -0.15) is 0 Å². The Morgan fingerprint density at radius 1 is 0.826 bits per heavy atom. The number of nitrogens with one attached hydrogen (secondary N) is 1. The van der Waals surface area contributed by atoms with Crippen LogP contribution in [0, 0.1) is 5.92 Å². The maximum absolute atomic E-state index is 14.0. The molecule has 1 N–H and O–H groups in total. The zero-order valence-corrected chi connectivity index (χ0v) is 26.0. The molecule has 7 rings (SSSR count). The Kier molecular flexibility index (Phi) is 10.6. The van der Waals surface area contributed by atoms with E-state index in [4.69, 9.17) is 9.47 Å². The SMILES string of the molecule is O=C1N[C@H](Cc2cn(Cc3ccccc3)nn2)C(=O)N2CCC(CC2)CN(Cc2ccccc2)CCOCCOc2ncccc21. The van der Waals surface area contributed by atoms with Gasteiger partial charge in [0.05, 0.1) is 25.5 Å². The number of piperidine rings is 1. The molecule has 5 heterocycles. The van der Waals surface area contributed by atoms with Crippen LogP contribution in [-0.4, -0.2) is 93.6 Å². The van der Waals surface area contributed by atoms with Crippen LogP contribution < -0.4 is 10.1 Å². The van der Waals surface area contributed by atoms with E-state index in [2.05, 4.69) is 49.8 Å². The van der Waals surface area contributed by atoms with Crippen molar-refractivity contribution in [2.24, 2.45) is 5.92 Å². The molecule has 3 aliphatic heterocycles. The van der Waals surface area contributed by atoms with Gasteiger partial charge >= 0.3 is 0 Å². The predicted octanol–water partition coefficient (Wildman–Crippen LogP) is 3.21. The molecule has 3 aliphatic rings. The van der Waals surface area contributed by atoms with E-state index in [-0.39, 0.29) is 30.4 Å². The fourth-order valence-electron chi connectivity index (χ4n) is 6.09. The lowest BCUT2D eigenvalue weighted by atomic mass is 9.95. The van der Waals surface area contributed by atoms with Gasteiger partial charge < -0.3 is 19.7 Å². The highest BCUT2D eigenvalue weighted by molar-refractivity contribution is 5.99. The van der Waals surface area contributed by atoms with E-state index in [0.29, 0.717) is 44.5 Å². The van der Waals surface area contributed by atoms with E-state index < -0.39 is 11.9 Å². The molecule has 0 aliphatic carbocycles. The van der Waals surface area contributed by atoms with Gasteiger partial charge in [-0.25, -0.2) is 9.67 Å². The second-order valence-electron chi connectivity index (χ2n) is 11.9. The smallest absolute Gasteiger partial charge is 0.257 e. The van der Waals surface area contributed by atoms with Crippen LogP contribution in [0.4, 0.5) is 0 Å². The number of amides is 2. The second kappa shape index (κ2) is 15.6. The van der Waals surface area contributed by atoms with Crippen molar-refractivity contribution in [1.82, 2.24) is 35.1 Å². The Morgan fingerprint density at radius 2 is 1.57 bits per heavy atom. The number of hydrogen-bond acceptors (Lipinski definition) is 8. The number of rotatable bonds is 6. The van der Waals surface area contributed by atoms with E-state index >= 15 is 0 Å². The summed E-state index contributed by atoms with van der Waals surface area (Å²) in [6, 6.07) is 23.0. The number of fused-ring (bicyclic) bond motifs is 12. The highest BCUT2D eigenvalue weighted by atomic mass is 16.5. The number of ether oxygens (including phenoxy) is 2. The van der Waals surface area contributed by atoms with Crippen molar-refractivity contribution in [2.75, 3.05) is 46.0 Å². The number of hydrogen-bond donors (Lipinski definition) is 1. The van der Waals surface area contributed by atoms with Gasteiger partial charge in [0, 0.05) is 51.5 Å². The molecule has 1 saturated heterocycles. The standard InChI is InChI=1S/C35H41N7O4/c43-33-31-12-7-15-36-34(31)46-21-20-45-19-18-40(23-27-8-3-1-4-9-27)24-29-13-16-41(17-14-29)35(44)32(37-33)22-30-26-42(39-38-30)25-28-10-5-2-6-11-28/h1-12,15,26,29,32H,13-14,16-25H2,(H,37,43)/t32-/m1/s1. The van der Waals surface area contributed by atoms with Crippen molar-refractivity contribution in [3.8, 4) is 5.88 Å². The van der Waals surface area contributed by atoms with Gasteiger partial charge in [0.1, 0.15) is 18.2 Å². The van der Waals surface area contributed by atoms with Gasteiger partial charge in [-0.15, -0.1) is 5.10 Å². The molecule has 46 heavy (non-hydrogen) atoms. The van der Waals surface area contributed by atoms with Crippen molar-refractivity contribution < 1.29 is 19.1 Å². The van der Waals surface area contributed by atoms with Gasteiger partial charge in [-0.1, -0.05) is 65.9 Å². The molecule has 4 aromatic rings. The van der Waals surface area contributed by atoms with Gasteiger partial charge in [0.25, 0.3) is 5.91 Å². The highest BCUT2D eigenvalue weighted by Crippen LogP contribution is 2.22. The quantitative estimate of drug-likeness (QED) is 0.326. The third-order valence-corrected chi connectivity index (χ3v) is 8.52. The molecule has 2 amide bonds. The molecule has 11 nitrogen and oxygen atoms in total. The Labute approximate surface area is 269 Å². The van der Waals surface area contributed by atoms with Crippen LogP contribution in [-0.2, 0) is 29.0 Å². The molecule has 0 radical (unpaired) electrons. The van der Waals surface area contributed by atoms with E-state index in [1.54, 1.807) is 23.0 Å². The number of nitrogens with zero attached hydrogens (tertiary/aromatic N) is 6. The molecule has 240 valence electrons. The number of benzene rings is 2. The minimum absolute atomic E-state index is 0.119.